The quantitative estimate of drug-likeness (QED) is 0.199. The number of carboxylic acids is 1. The van der Waals surface area contributed by atoms with Crippen molar-refractivity contribution in [2.24, 2.45) is 0 Å². The number of aromatic hydroxyl groups is 2. The molecule has 0 aliphatic rings. The van der Waals surface area contributed by atoms with E-state index in [9.17, 15) is 29.9 Å². The molecule has 1 amide bonds. The molecule has 10 heteroatoms. The number of nitro benzene ring substituents is 1. The number of amides is 1. The topological polar surface area (TPSA) is 174 Å². The second kappa shape index (κ2) is 6.90. The molecule has 23 heavy (non-hydrogen) atoms. The molecule has 0 bridgehead atoms. The molecule has 4 N–H and O–H groups in total. The second-order valence-corrected chi connectivity index (χ2v) is 4.37. The summed E-state index contributed by atoms with van der Waals surface area (Å²) < 4.78 is 0. The van der Waals surface area contributed by atoms with Gasteiger partial charge in [-0.25, -0.2) is 0 Å². The Labute approximate surface area is 129 Å². The minimum atomic E-state index is -1.31. The van der Waals surface area contributed by atoms with E-state index in [1.807, 2.05) is 5.32 Å². The van der Waals surface area contributed by atoms with Crippen molar-refractivity contribution in [1.29, 1.82) is 5.26 Å². The Hall–Kier alpha value is -3.61. The van der Waals surface area contributed by atoms with Crippen molar-refractivity contribution >= 4 is 23.6 Å². The van der Waals surface area contributed by atoms with Crippen LogP contribution in [0.4, 0.5) is 5.69 Å². The van der Waals surface area contributed by atoms with E-state index >= 15 is 0 Å². The lowest BCUT2D eigenvalue weighted by atomic mass is 10.1. The molecule has 0 spiro atoms. The molecule has 0 aliphatic carbocycles. The molecule has 0 aromatic heterocycles. The maximum atomic E-state index is 11.8. The molecule has 0 aliphatic heterocycles. The van der Waals surface area contributed by atoms with E-state index in [2.05, 4.69) is 0 Å². The van der Waals surface area contributed by atoms with Crippen LogP contribution >= 0.6 is 0 Å². The Morgan fingerprint density at radius 3 is 2.52 bits per heavy atom. The van der Waals surface area contributed by atoms with Crippen LogP contribution in [0.25, 0.3) is 6.08 Å². The zero-order chi connectivity index (χ0) is 17.7. The minimum absolute atomic E-state index is 0.0957. The number of carbonyl (C=O) groups is 2. The van der Waals surface area contributed by atoms with Gasteiger partial charge in [0.25, 0.3) is 5.91 Å². The molecule has 0 saturated carbocycles. The highest BCUT2D eigenvalue weighted by Crippen LogP contribution is 2.36. The van der Waals surface area contributed by atoms with Crippen LogP contribution in [0.5, 0.6) is 11.5 Å². The van der Waals surface area contributed by atoms with Gasteiger partial charge in [-0.15, -0.1) is 0 Å². The third-order valence-corrected chi connectivity index (χ3v) is 2.68. The molecular weight excluding hydrogens is 310 g/mol. The van der Waals surface area contributed by atoms with Crippen molar-refractivity contribution in [3.05, 3.63) is 33.4 Å². The molecule has 1 aromatic carbocycles. The fourth-order valence-corrected chi connectivity index (χ4v) is 1.50. The number of phenolic OH excluding ortho intramolecular Hbond substituents is 2. The number of benzene rings is 1. The van der Waals surface area contributed by atoms with Crippen molar-refractivity contribution in [2.75, 3.05) is 0 Å². The Morgan fingerprint density at radius 1 is 1.43 bits per heavy atom. The first-order valence-electron chi connectivity index (χ1n) is 6.03. The molecule has 1 rings (SSSR count). The number of phenols is 2. The molecule has 1 atom stereocenters. The predicted molar refractivity (Wildman–Crippen MR) is 75.3 cm³/mol. The van der Waals surface area contributed by atoms with Crippen molar-refractivity contribution in [2.45, 2.75) is 13.0 Å². The minimum Gasteiger partial charge on any atom is -0.504 e. The van der Waals surface area contributed by atoms with Gasteiger partial charge in [0, 0.05) is 6.07 Å². The third-order valence-electron chi connectivity index (χ3n) is 2.68. The lowest BCUT2D eigenvalue weighted by molar-refractivity contribution is -0.386. The number of carbonyl (C=O) groups excluding carboxylic acids is 1. The van der Waals surface area contributed by atoms with Crippen molar-refractivity contribution in [3.63, 3.8) is 0 Å². The number of aliphatic carboxylic acids is 1. The molecule has 0 radical (unpaired) electrons. The first-order valence-corrected chi connectivity index (χ1v) is 6.03. The van der Waals surface area contributed by atoms with Crippen LogP contribution in [0.1, 0.15) is 12.5 Å². The summed E-state index contributed by atoms with van der Waals surface area (Å²) in [6.07, 6.45) is 0.913. The van der Waals surface area contributed by atoms with E-state index in [1.165, 1.54) is 13.0 Å². The van der Waals surface area contributed by atoms with Crippen LogP contribution in [-0.4, -0.2) is 38.2 Å². The summed E-state index contributed by atoms with van der Waals surface area (Å²) in [5.41, 5.74) is -1.44. The highest BCUT2D eigenvalue weighted by Gasteiger charge is 2.20. The van der Waals surface area contributed by atoms with Gasteiger partial charge in [0.1, 0.15) is 17.7 Å². The van der Waals surface area contributed by atoms with Crippen LogP contribution in [-0.2, 0) is 9.59 Å². The Morgan fingerprint density at radius 2 is 2.04 bits per heavy atom. The second-order valence-electron chi connectivity index (χ2n) is 4.37. The number of nitrogens with one attached hydrogen (secondary N) is 1. The average Bonchev–Trinajstić information content (AvgIpc) is 2.47. The van der Waals surface area contributed by atoms with Crippen LogP contribution < -0.4 is 5.32 Å². The van der Waals surface area contributed by atoms with Gasteiger partial charge in [-0.1, -0.05) is 0 Å². The van der Waals surface area contributed by atoms with Crippen LogP contribution in [0.3, 0.4) is 0 Å². The predicted octanol–water partition coefficient (Wildman–Crippen LogP) is 0.502. The van der Waals surface area contributed by atoms with Crippen LogP contribution in [0.15, 0.2) is 17.7 Å². The van der Waals surface area contributed by atoms with E-state index < -0.39 is 45.6 Å². The highest BCUT2D eigenvalue weighted by atomic mass is 16.6. The Balaban J connectivity index is 3.22. The molecule has 1 aromatic rings. The van der Waals surface area contributed by atoms with Gasteiger partial charge in [0.05, 0.1) is 4.92 Å². The van der Waals surface area contributed by atoms with Gasteiger partial charge in [0.2, 0.25) is 5.75 Å². The first-order chi connectivity index (χ1) is 10.7. The number of rotatable bonds is 5. The monoisotopic (exact) mass is 321 g/mol. The molecule has 120 valence electrons. The number of hydrogen-bond donors (Lipinski definition) is 4. The van der Waals surface area contributed by atoms with Crippen molar-refractivity contribution < 1.29 is 29.8 Å². The standard InChI is InChI=1S/C13H11N3O7/c1-6(13(20)21)15-12(19)8(5-14)2-7-3-9(16(22)23)11(18)10(17)4-7/h2-4,6,17-18H,1H3,(H,15,19)(H,20,21)/b8-2+. The molecule has 0 heterocycles. The summed E-state index contributed by atoms with van der Waals surface area (Å²) in [5.74, 6) is -4.07. The lowest BCUT2D eigenvalue weighted by Gasteiger charge is -2.08. The van der Waals surface area contributed by atoms with Crippen LogP contribution in [0, 0.1) is 21.4 Å². The largest absolute Gasteiger partial charge is 0.504 e. The smallest absolute Gasteiger partial charge is 0.325 e. The van der Waals surface area contributed by atoms with Gasteiger partial charge in [-0.2, -0.15) is 5.26 Å². The van der Waals surface area contributed by atoms with E-state index in [0.29, 0.717) is 0 Å². The summed E-state index contributed by atoms with van der Waals surface area (Å²) in [6.45, 7) is 1.19. The average molecular weight is 321 g/mol. The van der Waals surface area contributed by atoms with E-state index in [0.717, 1.165) is 18.2 Å². The van der Waals surface area contributed by atoms with Gasteiger partial charge in [0.15, 0.2) is 5.75 Å². The Kier molecular flexibility index (Phi) is 5.23. The first kappa shape index (κ1) is 17.4. The zero-order valence-corrected chi connectivity index (χ0v) is 11.7. The van der Waals surface area contributed by atoms with Crippen molar-refractivity contribution in [1.82, 2.24) is 5.32 Å². The highest BCUT2D eigenvalue weighted by molar-refractivity contribution is 6.03. The van der Waals surface area contributed by atoms with Gasteiger partial charge in [-0.05, 0) is 24.6 Å². The Bertz CT molecular complexity index is 749. The fraction of sp³-hybridized carbons (Fsp3) is 0.154. The van der Waals surface area contributed by atoms with Gasteiger partial charge in [-0.3, -0.25) is 19.7 Å². The number of hydrogen-bond acceptors (Lipinski definition) is 7. The number of nitriles is 1. The fourth-order valence-electron chi connectivity index (χ4n) is 1.50. The van der Waals surface area contributed by atoms with Crippen LogP contribution in [0.2, 0.25) is 0 Å². The molecular formula is C13H11N3O7. The number of nitrogens with zero attached hydrogens (tertiary/aromatic N) is 2. The summed E-state index contributed by atoms with van der Waals surface area (Å²) in [7, 11) is 0. The molecule has 0 saturated heterocycles. The van der Waals surface area contributed by atoms with Crippen molar-refractivity contribution in [3.8, 4) is 17.6 Å². The maximum absolute atomic E-state index is 11.8. The van der Waals surface area contributed by atoms with E-state index in [4.69, 9.17) is 10.4 Å². The SMILES string of the molecule is CC(NC(=O)/C(C#N)=C/c1cc(O)c(O)c([N+](=O)[O-])c1)C(=O)O. The van der Waals surface area contributed by atoms with Gasteiger partial charge >= 0.3 is 11.7 Å². The summed E-state index contributed by atoms with van der Waals surface area (Å²) in [5, 5.41) is 49.2. The number of carboxylic acid groups (broad SMARTS) is 1. The summed E-state index contributed by atoms with van der Waals surface area (Å²) >= 11 is 0. The summed E-state index contributed by atoms with van der Waals surface area (Å²) in [4.78, 5) is 32.2. The molecule has 0 fully saturated rings. The normalized spacial score (nSPS) is 12.1. The molecule has 10 nitrogen and oxygen atoms in total. The maximum Gasteiger partial charge on any atom is 0.325 e. The van der Waals surface area contributed by atoms with E-state index in [-0.39, 0.29) is 5.56 Å². The van der Waals surface area contributed by atoms with E-state index in [1.54, 1.807) is 0 Å². The lowest BCUT2D eigenvalue weighted by Crippen LogP contribution is -2.38. The number of nitro groups is 1. The zero-order valence-electron chi connectivity index (χ0n) is 11.7. The third kappa shape index (κ3) is 4.18. The van der Waals surface area contributed by atoms with Gasteiger partial charge < -0.3 is 20.6 Å². The molecule has 1 unspecified atom stereocenters. The summed E-state index contributed by atoms with van der Waals surface area (Å²) in [6, 6.07) is 2.03.